The van der Waals surface area contributed by atoms with Gasteiger partial charge in [-0.15, -0.1) is 0 Å². The number of nitrogens with zero attached hydrogens (tertiary/aromatic N) is 3. The molecule has 23 heavy (non-hydrogen) atoms. The molecule has 0 aromatic carbocycles. The van der Waals surface area contributed by atoms with Crippen molar-refractivity contribution < 1.29 is 14.6 Å². The fraction of sp³-hybridized carbons (Fsp3) is 0.625. The molecule has 0 spiro atoms. The van der Waals surface area contributed by atoms with Gasteiger partial charge in [0.1, 0.15) is 11.4 Å². The summed E-state index contributed by atoms with van der Waals surface area (Å²) in [5.41, 5.74) is 7.14. The lowest BCUT2D eigenvalue weighted by Crippen LogP contribution is -2.57. The number of rotatable bonds is 2. The van der Waals surface area contributed by atoms with E-state index in [-0.39, 0.29) is 18.7 Å². The van der Waals surface area contributed by atoms with E-state index in [9.17, 15) is 9.90 Å². The van der Waals surface area contributed by atoms with Gasteiger partial charge in [0.2, 0.25) is 0 Å². The number of ether oxygens (including phenoxy) is 1. The number of carbonyl (C=O) groups excluding carboxylic acids is 1. The molecule has 7 nitrogen and oxygen atoms in total. The molecule has 7 heteroatoms. The number of aryl methyl sites for hydroxylation is 1. The van der Waals surface area contributed by atoms with Crippen LogP contribution in [0.4, 0.5) is 16.3 Å². The Hall–Kier alpha value is -2.02. The van der Waals surface area contributed by atoms with Gasteiger partial charge in [0.15, 0.2) is 0 Å². The first kappa shape index (κ1) is 17.3. The van der Waals surface area contributed by atoms with E-state index in [2.05, 4.69) is 9.88 Å². The number of anilines is 2. The molecule has 128 valence electrons. The SMILES string of the molecule is Cc1cc(N)ncc1N1CCN(C(=O)OC(C)(C)C)C(CO)C1. The van der Waals surface area contributed by atoms with Crippen LogP contribution < -0.4 is 10.6 Å². The van der Waals surface area contributed by atoms with E-state index in [4.69, 9.17) is 10.5 Å². The Morgan fingerprint density at radius 3 is 2.74 bits per heavy atom. The highest BCUT2D eigenvalue weighted by Crippen LogP contribution is 2.24. The lowest BCUT2D eigenvalue weighted by atomic mass is 10.1. The number of carbonyl (C=O) groups is 1. The number of nitrogen functional groups attached to an aromatic ring is 1. The molecule has 1 aliphatic heterocycles. The first-order valence-electron chi connectivity index (χ1n) is 7.79. The molecule has 0 radical (unpaired) electrons. The average molecular weight is 322 g/mol. The summed E-state index contributed by atoms with van der Waals surface area (Å²) in [6.45, 7) is 9.03. The molecule has 2 rings (SSSR count). The summed E-state index contributed by atoms with van der Waals surface area (Å²) >= 11 is 0. The van der Waals surface area contributed by atoms with Gasteiger partial charge in [-0.25, -0.2) is 9.78 Å². The van der Waals surface area contributed by atoms with Crippen LogP contribution in [0.5, 0.6) is 0 Å². The second-order valence-corrected chi connectivity index (χ2v) is 6.85. The van der Waals surface area contributed by atoms with E-state index in [0.29, 0.717) is 25.5 Å². The summed E-state index contributed by atoms with van der Waals surface area (Å²) in [6, 6.07) is 1.51. The highest BCUT2D eigenvalue weighted by atomic mass is 16.6. The minimum Gasteiger partial charge on any atom is -0.444 e. The van der Waals surface area contributed by atoms with Crippen LogP contribution in [0, 0.1) is 6.92 Å². The molecule has 0 bridgehead atoms. The topological polar surface area (TPSA) is 91.9 Å². The monoisotopic (exact) mass is 322 g/mol. The van der Waals surface area contributed by atoms with Crippen LogP contribution in [-0.4, -0.2) is 59.0 Å². The normalized spacial score (nSPS) is 18.9. The third-order valence-electron chi connectivity index (χ3n) is 3.77. The summed E-state index contributed by atoms with van der Waals surface area (Å²) in [4.78, 5) is 20.1. The van der Waals surface area contributed by atoms with Gasteiger partial charge in [0.25, 0.3) is 0 Å². The maximum absolute atomic E-state index is 12.3. The maximum atomic E-state index is 12.3. The van der Waals surface area contributed by atoms with Crippen molar-refractivity contribution in [3.63, 3.8) is 0 Å². The molecule has 1 aromatic rings. The average Bonchev–Trinajstić information content (AvgIpc) is 2.44. The van der Waals surface area contributed by atoms with Crippen molar-refractivity contribution in [1.29, 1.82) is 0 Å². The third kappa shape index (κ3) is 4.25. The number of pyridine rings is 1. The first-order chi connectivity index (χ1) is 10.7. The van der Waals surface area contributed by atoms with Gasteiger partial charge in [0.05, 0.1) is 24.5 Å². The fourth-order valence-corrected chi connectivity index (χ4v) is 2.69. The fourth-order valence-electron chi connectivity index (χ4n) is 2.69. The van der Waals surface area contributed by atoms with Crippen molar-refractivity contribution >= 4 is 17.6 Å². The number of aromatic nitrogens is 1. The molecule has 1 fully saturated rings. The summed E-state index contributed by atoms with van der Waals surface area (Å²) in [7, 11) is 0. The predicted molar refractivity (Wildman–Crippen MR) is 89.4 cm³/mol. The highest BCUT2D eigenvalue weighted by molar-refractivity contribution is 5.69. The van der Waals surface area contributed by atoms with Gasteiger partial charge in [-0.2, -0.15) is 0 Å². The quantitative estimate of drug-likeness (QED) is 0.855. The number of aliphatic hydroxyl groups excluding tert-OH is 1. The van der Waals surface area contributed by atoms with Crippen LogP contribution in [0.15, 0.2) is 12.3 Å². The highest BCUT2D eigenvalue weighted by Gasteiger charge is 2.33. The lowest BCUT2D eigenvalue weighted by Gasteiger charge is -2.42. The van der Waals surface area contributed by atoms with Gasteiger partial charge in [-0.3, -0.25) is 4.90 Å². The molecule has 0 aliphatic carbocycles. The smallest absolute Gasteiger partial charge is 0.410 e. The Kier molecular flexibility index (Phi) is 4.99. The van der Waals surface area contributed by atoms with Gasteiger partial charge in [-0.05, 0) is 39.3 Å². The van der Waals surface area contributed by atoms with Crippen molar-refractivity contribution in [3.05, 3.63) is 17.8 Å². The van der Waals surface area contributed by atoms with Crippen molar-refractivity contribution in [2.75, 3.05) is 36.9 Å². The zero-order valence-electron chi connectivity index (χ0n) is 14.2. The number of hydrogen-bond donors (Lipinski definition) is 2. The molecular formula is C16H26N4O3. The molecule has 0 saturated carbocycles. The van der Waals surface area contributed by atoms with Crippen molar-refractivity contribution in [2.45, 2.75) is 39.3 Å². The minimum absolute atomic E-state index is 0.114. The standard InChI is InChI=1S/C16H26N4O3/c1-11-7-14(17)18-8-13(11)19-5-6-20(12(9-19)10-21)15(22)23-16(2,3)4/h7-8,12,21H,5-6,9-10H2,1-4H3,(H2,17,18). The van der Waals surface area contributed by atoms with Crippen LogP contribution in [0.25, 0.3) is 0 Å². The number of piperazine rings is 1. The van der Waals surface area contributed by atoms with Crippen LogP contribution in [-0.2, 0) is 4.74 Å². The van der Waals surface area contributed by atoms with Crippen molar-refractivity contribution in [2.24, 2.45) is 0 Å². The molecular weight excluding hydrogens is 296 g/mol. The van der Waals surface area contributed by atoms with Crippen LogP contribution >= 0.6 is 0 Å². The summed E-state index contributed by atoms with van der Waals surface area (Å²) in [5, 5.41) is 9.68. The summed E-state index contributed by atoms with van der Waals surface area (Å²) < 4.78 is 5.42. The molecule has 1 unspecified atom stereocenters. The first-order valence-corrected chi connectivity index (χ1v) is 7.79. The van der Waals surface area contributed by atoms with E-state index in [1.807, 2.05) is 33.8 Å². The molecule has 1 aliphatic rings. The maximum Gasteiger partial charge on any atom is 0.410 e. The Morgan fingerprint density at radius 1 is 1.48 bits per heavy atom. The van der Waals surface area contributed by atoms with Crippen LogP contribution in [0.3, 0.4) is 0 Å². The van der Waals surface area contributed by atoms with Gasteiger partial charge in [-0.1, -0.05) is 0 Å². The zero-order valence-corrected chi connectivity index (χ0v) is 14.2. The van der Waals surface area contributed by atoms with E-state index in [1.165, 1.54) is 0 Å². The van der Waals surface area contributed by atoms with Crippen LogP contribution in [0.1, 0.15) is 26.3 Å². The molecule has 1 aromatic heterocycles. The summed E-state index contributed by atoms with van der Waals surface area (Å²) in [6.07, 6.45) is 1.35. The Morgan fingerprint density at radius 2 is 2.17 bits per heavy atom. The Labute approximate surface area is 137 Å². The molecule has 2 heterocycles. The molecule has 1 saturated heterocycles. The van der Waals surface area contributed by atoms with E-state index < -0.39 is 5.60 Å². The molecule has 1 atom stereocenters. The van der Waals surface area contributed by atoms with Gasteiger partial charge in [0, 0.05) is 19.6 Å². The van der Waals surface area contributed by atoms with E-state index >= 15 is 0 Å². The van der Waals surface area contributed by atoms with Crippen molar-refractivity contribution in [1.82, 2.24) is 9.88 Å². The predicted octanol–water partition coefficient (Wildman–Crippen LogP) is 1.39. The lowest BCUT2D eigenvalue weighted by molar-refractivity contribution is 0.00704. The van der Waals surface area contributed by atoms with E-state index in [1.54, 1.807) is 11.1 Å². The van der Waals surface area contributed by atoms with Gasteiger partial charge >= 0.3 is 6.09 Å². The second kappa shape index (κ2) is 6.62. The molecule has 3 N–H and O–H groups in total. The number of aliphatic hydroxyl groups is 1. The number of amides is 1. The minimum atomic E-state index is -0.550. The second-order valence-electron chi connectivity index (χ2n) is 6.85. The van der Waals surface area contributed by atoms with E-state index in [0.717, 1.165) is 11.3 Å². The third-order valence-corrected chi connectivity index (χ3v) is 3.77. The van der Waals surface area contributed by atoms with Gasteiger partial charge < -0.3 is 20.5 Å². The zero-order chi connectivity index (χ0) is 17.2. The number of nitrogens with two attached hydrogens (primary N) is 1. The summed E-state index contributed by atoms with van der Waals surface area (Å²) in [5.74, 6) is 0.484. The number of hydrogen-bond acceptors (Lipinski definition) is 6. The Balaban J connectivity index is 2.11. The molecule has 1 amide bonds. The largest absolute Gasteiger partial charge is 0.444 e. The Bertz CT molecular complexity index is 571. The van der Waals surface area contributed by atoms with Crippen LogP contribution in [0.2, 0.25) is 0 Å². The van der Waals surface area contributed by atoms with Crippen molar-refractivity contribution in [3.8, 4) is 0 Å².